The van der Waals surface area contributed by atoms with Crippen LogP contribution in [-0.2, 0) is 0 Å². The predicted molar refractivity (Wildman–Crippen MR) is 90.2 cm³/mol. The van der Waals surface area contributed by atoms with Crippen LogP contribution in [0.25, 0.3) is 5.69 Å². The van der Waals surface area contributed by atoms with Crippen LogP contribution >= 0.6 is 34.5 Å². The van der Waals surface area contributed by atoms with Gasteiger partial charge in [0.25, 0.3) is 0 Å². The van der Waals surface area contributed by atoms with Crippen molar-refractivity contribution in [2.45, 2.75) is 19.8 Å². The Morgan fingerprint density at radius 1 is 1.18 bits per heavy atom. The number of aromatic nitrogens is 1. The van der Waals surface area contributed by atoms with Gasteiger partial charge in [-0.15, -0.1) is 11.3 Å². The fourth-order valence-electron chi connectivity index (χ4n) is 2.46. The van der Waals surface area contributed by atoms with Gasteiger partial charge in [0, 0.05) is 34.2 Å². The van der Waals surface area contributed by atoms with Crippen LogP contribution in [0.5, 0.6) is 0 Å². The fourth-order valence-corrected chi connectivity index (χ4v) is 3.80. The molecular formula is C15H15Cl2N3OS. The molecule has 22 heavy (non-hydrogen) atoms. The van der Waals surface area contributed by atoms with E-state index >= 15 is 0 Å². The van der Waals surface area contributed by atoms with Crippen molar-refractivity contribution in [2.75, 3.05) is 13.1 Å². The maximum atomic E-state index is 12.2. The summed E-state index contributed by atoms with van der Waals surface area (Å²) >= 11 is 13.6. The van der Waals surface area contributed by atoms with Crippen molar-refractivity contribution in [3.05, 3.63) is 44.1 Å². The first-order valence-electron chi connectivity index (χ1n) is 7.02. The lowest BCUT2D eigenvalue weighted by molar-refractivity contribution is 0.218. The molecule has 1 aliphatic rings. The van der Waals surface area contributed by atoms with Crippen molar-refractivity contribution >= 4 is 40.6 Å². The van der Waals surface area contributed by atoms with E-state index < -0.39 is 0 Å². The first kappa shape index (κ1) is 15.6. The van der Waals surface area contributed by atoms with Gasteiger partial charge in [-0.3, -0.25) is 4.57 Å². The molecule has 0 atom stereocenters. The molecule has 2 amide bonds. The Kier molecular flexibility index (Phi) is 4.57. The Labute approximate surface area is 142 Å². The largest absolute Gasteiger partial charge is 0.346 e. The number of carbonyl (C=O) groups excluding carboxylic acids is 1. The molecule has 3 rings (SSSR count). The van der Waals surface area contributed by atoms with E-state index in [4.69, 9.17) is 23.2 Å². The predicted octanol–water partition coefficient (Wildman–Crippen LogP) is 4.27. The number of carbonyl (C=O) groups is 1. The quantitative estimate of drug-likeness (QED) is 0.752. The van der Waals surface area contributed by atoms with Crippen molar-refractivity contribution < 1.29 is 4.79 Å². The lowest BCUT2D eigenvalue weighted by atomic mass is 10.3. The maximum absolute atomic E-state index is 12.2. The van der Waals surface area contributed by atoms with Gasteiger partial charge < -0.3 is 4.90 Å². The van der Waals surface area contributed by atoms with Gasteiger partial charge in [-0.25, -0.2) is 4.79 Å². The molecule has 4 nitrogen and oxygen atoms in total. The number of rotatable bonds is 1. The summed E-state index contributed by atoms with van der Waals surface area (Å²) < 4.78 is 1.85. The van der Waals surface area contributed by atoms with Crippen molar-refractivity contribution in [1.29, 1.82) is 0 Å². The van der Waals surface area contributed by atoms with Gasteiger partial charge in [-0.1, -0.05) is 23.2 Å². The van der Waals surface area contributed by atoms with E-state index in [9.17, 15) is 4.79 Å². The van der Waals surface area contributed by atoms with Gasteiger partial charge in [0.2, 0.25) is 0 Å². The fraction of sp³-hybridized carbons (Fsp3) is 0.333. The van der Waals surface area contributed by atoms with Gasteiger partial charge in [0.1, 0.15) is 0 Å². The highest BCUT2D eigenvalue weighted by molar-refractivity contribution is 7.09. The summed E-state index contributed by atoms with van der Waals surface area (Å²) in [6.45, 7) is 3.55. The van der Waals surface area contributed by atoms with Crippen LogP contribution < -0.4 is 4.80 Å². The molecule has 0 N–H and O–H groups in total. The lowest BCUT2D eigenvalue weighted by Crippen LogP contribution is -2.27. The van der Waals surface area contributed by atoms with E-state index in [1.165, 1.54) is 11.3 Å². The zero-order valence-electron chi connectivity index (χ0n) is 12.1. The van der Waals surface area contributed by atoms with E-state index in [2.05, 4.69) is 4.99 Å². The first-order valence-corrected chi connectivity index (χ1v) is 8.59. The highest BCUT2D eigenvalue weighted by Gasteiger charge is 2.17. The molecule has 2 heterocycles. The number of benzene rings is 1. The summed E-state index contributed by atoms with van der Waals surface area (Å²) in [4.78, 5) is 20.0. The molecule has 1 aliphatic heterocycles. The third-order valence-electron chi connectivity index (χ3n) is 3.46. The van der Waals surface area contributed by atoms with Crippen molar-refractivity contribution in [3.63, 3.8) is 0 Å². The molecule has 0 aliphatic carbocycles. The molecule has 2 aromatic rings. The minimum atomic E-state index is -0.179. The average Bonchev–Trinajstić information content (AvgIpc) is 3.07. The van der Waals surface area contributed by atoms with Gasteiger partial charge in [0.15, 0.2) is 4.80 Å². The highest BCUT2D eigenvalue weighted by Crippen LogP contribution is 2.22. The Morgan fingerprint density at radius 2 is 1.82 bits per heavy atom. The highest BCUT2D eigenvalue weighted by atomic mass is 35.5. The van der Waals surface area contributed by atoms with E-state index in [1.54, 1.807) is 23.1 Å². The SMILES string of the molecule is Cc1cn(-c2cc(Cl)cc(Cl)c2)/c(=N/C(=O)N2CCCC2)s1. The Balaban J connectivity index is 2.04. The number of urea groups is 1. The summed E-state index contributed by atoms with van der Waals surface area (Å²) in [5, 5.41) is 1.10. The van der Waals surface area contributed by atoms with Crippen molar-refractivity contribution in [3.8, 4) is 5.69 Å². The minimum absolute atomic E-state index is 0.179. The summed E-state index contributed by atoms with van der Waals surface area (Å²) in [6, 6.07) is 5.11. The average molecular weight is 356 g/mol. The second-order valence-electron chi connectivity index (χ2n) is 5.21. The summed E-state index contributed by atoms with van der Waals surface area (Å²) in [5.74, 6) is 0. The number of amides is 2. The molecule has 7 heteroatoms. The second kappa shape index (κ2) is 6.44. The number of aryl methyl sites for hydroxylation is 1. The topological polar surface area (TPSA) is 37.6 Å². The van der Waals surface area contributed by atoms with Crippen LogP contribution in [0.3, 0.4) is 0 Å². The normalized spacial score (nSPS) is 15.6. The summed E-state index contributed by atoms with van der Waals surface area (Å²) in [7, 11) is 0. The molecule has 0 radical (unpaired) electrons. The van der Waals surface area contributed by atoms with Gasteiger partial charge in [-0.05, 0) is 38.0 Å². The van der Waals surface area contributed by atoms with Crippen LogP contribution in [-0.4, -0.2) is 28.6 Å². The first-order chi connectivity index (χ1) is 10.5. The monoisotopic (exact) mass is 355 g/mol. The van der Waals surface area contributed by atoms with Gasteiger partial charge in [0.05, 0.1) is 5.69 Å². The van der Waals surface area contributed by atoms with Crippen LogP contribution in [0.4, 0.5) is 4.79 Å². The molecule has 1 fully saturated rings. The zero-order valence-corrected chi connectivity index (χ0v) is 14.4. The summed E-state index contributed by atoms with van der Waals surface area (Å²) in [6.07, 6.45) is 4.03. The molecule has 0 bridgehead atoms. The number of halogens is 2. The number of nitrogens with zero attached hydrogens (tertiary/aromatic N) is 3. The number of hydrogen-bond donors (Lipinski definition) is 0. The Bertz CT molecular complexity index is 755. The van der Waals surface area contributed by atoms with Gasteiger partial charge in [-0.2, -0.15) is 4.99 Å². The van der Waals surface area contributed by atoms with Gasteiger partial charge >= 0.3 is 6.03 Å². The summed E-state index contributed by atoms with van der Waals surface area (Å²) in [5.41, 5.74) is 0.801. The number of thiazole rings is 1. The minimum Gasteiger partial charge on any atom is -0.323 e. The van der Waals surface area contributed by atoms with E-state index in [0.717, 1.165) is 36.5 Å². The second-order valence-corrected chi connectivity index (χ2v) is 7.30. The molecule has 1 saturated heterocycles. The van der Waals surface area contributed by atoms with Crippen LogP contribution in [0.1, 0.15) is 17.7 Å². The smallest absolute Gasteiger partial charge is 0.323 e. The van der Waals surface area contributed by atoms with Crippen LogP contribution in [0, 0.1) is 6.92 Å². The van der Waals surface area contributed by atoms with Crippen molar-refractivity contribution in [1.82, 2.24) is 9.47 Å². The molecule has 116 valence electrons. The lowest BCUT2D eigenvalue weighted by Gasteiger charge is -2.10. The molecule has 1 aromatic carbocycles. The molecular weight excluding hydrogens is 341 g/mol. The van der Waals surface area contributed by atoms with E-state index in [-0.39, 0.29) is 6.03 Å². The van der Waals surface area contributed by atoms with Crippen LogP contribution in [0.2, 0.25) is 10.0 Å². The maximum Gasteiger partial charge on any atom is 0.346 e. The molecule has 0 saturated carbocycles. The third kappa shape index (κ3) is 3.37. The molecule has 0 unspecified atom stereocenters. The van der Waals surface area contributed by atoms with E-state index in [1.807, 2.05) is 17.7 Å². The van der Waals surface area contributed by atoms with Crippen molar-refractivity contribution in [2.24, 2.45) is 4.99 Å². The molecule has 1 aromatic heterocycles. The molecule has 0 spiro atoms. The third-order valence-corrected chi connectivity index (χ3v) is 4.80. The Hall–Kier alpha value is -1.30. The zero-order chi connectivity index (χ0) is 15.7. The van der Waals surface area contributed by atoms with Crippen LogP contribution in [0.15, 0.2) is 29.4 Å². The number of likely N-dealkylation sites (tertiary alicyclic amines) is 1. The van der Waals surface area contributed by atoms with E-state index in [0.29, 0.717) is 14.8 Å². The standard InChI is InChI=1S/C15H15Cl2N3OS/c1-10-9-20(13-7-11(16)6-12(17)8-13)15(22-10)18-14(21)19-4-2-3-5-19/h6-9H,2-5H2,1H3/b18-15-. The number of hydrogen-bond acceptors (Lipinski definition) is 2. The Morgan fingerprint density at radius 3 is 2.45 bits per heavy atom.